The van der Waals surface area contributed by atoms with Crippen molar-refractivity contribution in [1.29, 1.82) is 0 Å². The van der Waals surface area contributed by atoms with E-state index >= 15 is 0 Å². The molecule has 0 radical (unpaired) electrons. The van der Waals surface area contributed by atoms with Crippen LogP contribution in [-0.4, -0.2) is 23.9 Å². The Labute approximate surface area is 107 Å². The second-order valence-electron chi connectivity index (χ2n) is 4.55. The summed E-state index contributed by atoms with van der Waals surface area (Å²) in [4.78, 5) is 13.9. The first kappa shape index (κ1) is 16.2. The predicted octanol–water partition coefficient (Wildman–Crippen LogP) is 4.02. The fraction of sp³-hybridized carbons (Fsp3) is 0.800. The number of allylic oxidation sites excluding steroid dienone is 2. The molecule has 1 amide bonds. The number of unbranched alkanes of at least 4 members (excludes halogenated alkanes) is 2. The Morgan fingerprint density at radius 3 is 2.29 bits per heavy atom. The topological polar surface area (TPSA) is 20.3 Å². The first-order chi connectivity index (χ1) is 8.19. The second-order valence-corrected chi connectivity index (χ2v) is 4.55. The lowest BCUT2D eigenvalue weighted by molar-refractivity contribution is -0.131. The monoisotopic (exact) mass is 239 g/mol. The van der Waals surface area contributed by atoms with Crippen molar-refractivity contribution in [3.05, 3.63) is 12.2 Å². The second kappa shape index (κ2) is 10.4. The van der Waals surface area contributed by atoms with E-state index in [1.165, 1.54) is 19.3 Å². The number of hydrogen-bond donors (Lipinski definition) is 0. The summed E-state index contributed by atoms with van der Waals surface area (Å²) >= 11 is 0. The molecule has 0 spiro atoms. The van der Waals surface area contributed by atoms with Crippen LogP contribution in [0.25, 0.3) is 0 Å². The van der Waals surface area contributed by atoms with Crippen molar-refractivity contribution in [2.24, 2.45) is 5.92 Å². The van der Waals surface area contributed by atoms with Gasteiger partial charge >= 0.3 is 0 Å². The summed E-state index contributed by atoms with van der Waals surface area (Å²) in [7, 11) is 0. The first-order valence-electron chi connectivity index (χ1n) is 7.10. The molecule has 0 saturated carbocycles. The summed E-state index contributed by atoms with van der Waals surface area (Å²) in [6.45, 7) is 9.99. The van der Waals surface area contributed by atoms with Gasteiger partial charge in [-0.25, -0.2) is 0 Å². The van der Waals surface area contributed by atoms with Gasteiger partial charge in [0, 0.05) is 19.5 Å². The van der Waals surface area contributed by atoms with Gasteiger partial charge in [-0.15, -0.1) is 0 Å². The quantitative estimate of drug-likeness (QED) is 0.439. The summed E-state index contributed by atoms with van der Waals surface area (Å²) in [5, 5.41) is 0. The molecule has 0 aliphatic rings. The standard InChI is InChI=1S/C15H29NO/c1-5-9-10-12-14(11-6-2)13-15(17)16(7-3)8-4/h6,11,14H,5,7-10,12-13H2,1-4H3. The highest BCUT2D eigenvalue weighted by Crippen LogP contribution is 2.16. The van der Waals surface area contributed by atoms with Crippen LogP contribution < -0.4 is 0 Å². The van der Waals surface area contributed by atoms with Crippen LogP contribution in [0.2, 0.25) is 0 Å². The maximum Gasteiger partial charge on any atom is 0.223 e. The highest BCUT2D eigenvalue weighted by atomic mass is 16.2. The summed E-state index contributed by atoms with van der Waals surface area (Å²) in [6.07, 6.45) is 9.83. The van der Waals surface area contributed by atoms with Crippen LogP contribution in [0.5, 0.6) is 0 Å². The number of hydrogen-bond acceptors (Lipinski definition) is 1. The maximum absolute atomic E-state index is 12.0. The van der Waals surface area contributed by atoms with Gasteiger partial charge in [-0.05, 0) is 33.1 Å². The van der Waals surface area contributed by atoms with Gasteiger partial charge < -0.3 is 4.90 Å². The summed E-state index contributed by atoms with van der Waals surface area (Å²) < 4.78 is 0. The van der Waals surface area contributed by atoms with Crippen LogP contribution in [0.1, 0.15) is 59.8 Å². The van der Waals surface area contributed by atoms with Crippen LogP contribution >= 0.6 is 0 Å². The van der Waals surface area contributed by atoms with E-state index in [1.807, 2.05) is 25.7 Å². The largest absolute Gasteiger partial charge is 0.343 e. The molecule has 0 aliphatic heterocycles. The molecule has 1 atom stereocenters. The number of carbonyl (C=O) groups is 1. The molecule has 0 heterocycles. The lowest BCUT2D eigenvalue weighted by Crippen LogP contribution is -2.31. The van der Waals surface area contributed by atoms with Crippen molar-refractivity contribution < 1.29 is 4.79 Å². The summed E-state index contributed by atoms with van der Waals surface area (Å²) in [5.41, 5.74) is 0. The third-order valence-corrected chi connectivity index (χ3v) is 3.20. The molecular formula is C15H29NO. The van der Waals surface area contributed by atoms with E-state index in [9.17, 15) is 4.79 Å². The van der Waals surface area contributed by atoms with E-state index in [-0.39, 0.29) is 0 Å². The van der Waals surface area contributed by atoms with Crippen LogP contribution in [0.3, 0.4) is 0 Å². The Morgan fingerprint density at radius 2 is 1.82 bits per heavy atom. The molecular weight excluding hydrogens is 210 g/mol. The average Bonchev–Trinajstić information content (AvgIpc) is 2.31. The fourth-order valence-electron chi connectivity index (χ4n) is 2.12. The van der Waals surface area contributed by atoms with Gasteiger partial charge in [0.2, 0.25) is 5.91 Å². The van der Waals surface area contributed by atoms with Gasteiger partial charge in [-0.1, -0.05) is 38.3 Å². The molecule has 0 aromatic rings. The fourth-order valence-corrected chi connectivity index (χ4v) is 2.12. The van der Waals surface area contributed by atoms with Crippen LogP contribution in [0.15, 0.2) is 12.2 Å². The Balaban J connectivity index is 4.18. The number of rotatable bonds is 9. The molecule has 0 fully saturated rings. The van der Waals surface area contributed by atoms with E-state index in [0.717, 1.165) is 19.5 Å². The zero-order valence-electron chi connectivity index (χ0n) is 12.0. The van der Waals surface area contributed by atoms with Crippen LogP contribution in [-0.2, 0) is 4.79 Å². The molecule has 1 unspecified atom stereocenters. The van der Waals surface area contributed by atoms with Crippen molar-refractivity contribution in [2.75, 3.05) is 13.1 Å². The van der Waals surface area contributed by atoms with Gasteiger partial charge in [0.1, 0.15) is 0 Å². The summed E-state index contributed by atoms with van der Waals surface area (Å²) in [5.74, 6) is 0.731. The van der Waals surface area contributed by atoms with Crippen molar-refractivity contribution in [3.63, 3.8) is 0 Å². The third-order valence-electron chi connectivity index (χ3n) is 3.20. The Morgan fingerprint density at radius 1 is 1.18 bits per heavy atom. The molecule has 0 rings (SSSR count). The predicted molar refractivity (Wildman–Crippen MR) is 75.0 cm³/mol. The third kappa shape index (κ3) is 7.19. The van der Waals surface area contributed by atoms with Crippen molar-refractivity contribution in [3.8, 4) is 0 Å². The van der Waals surface area contributed by atoms with Crippen molar-refractivity contribution in [1.82, 2.24) is 4.90 Å². The maximum atomic E-state index is 12.0. The molecule has 17 heavy (non-hydrogen) atoms. The molecule has 0 bridgehead atoms. The van der Waals surface area contributed by atoms with E-state index < -0.39 is 0 Å². The Kier molecular flexibility index (Phi) is 9.89. The highest BCUT2D eigenvalue weighted by molar-refractivity contribution is 5.76. The lowest BCUT2D eigenvalue weighted by atomic mass is 9.96. The van der Waals surface area contributed by atoms with Crippen LogP contribution in [0, 0.1) is 5.92 Å². The molecule has 0 aliphatic carbocycles. The molecule has 0 saturated heterocycles. The smallest absolute Gasteiger partial charge is 0.223 e. The molecule has 0 aromatic heterocycles. The van der Waals surface area contributed by atoms with Gasteiger partial charge in [0.05, 0.1) is 0 Å². The minimum absolute atomic E-state index is 0.301. The molecule has 0 N–H and O–H groups in total. The summed E-state index contributed by atoms with van der Waals surface area (Å²) in [6, 6.07) is 0. The normalized spacial score (nSPS) is 12.9. The van der Waals surface area contributed by atoms with Crippen molar-refractivity contribution >= 4 is 5.91 Å². The lowest BCUT2D eigenvalue weighted by Gasteiger charge is -2.21. The molecule has 2 heteroatoms. The van der Waals surface area contributed by atoms with Crippen LogP contribution in [0.4, 0.5) is 0 Å². The first-order valence-corrected chi connectivity index (χ1v) is 7.10. The van der Waals surface area contributed by atoms with Gasteiger partial charge in [0.25, 0.3) is 0 Å². The Bertz CT molecular complexity index is 219. The zero-order chi connectivity index (χ0) is 13.1. The Hall–Kier alpha value is -0.790. The minimum atomic E-state index is 0.301. The minimum Gasteiger partial charge on any atom is -0.343 e. The molecule has 2 nitrogen and oxygen atoms in total. The van der Waals surface area contributed by atoms with Crippen molar-refractivity contribution in [2.45, 2.75) is 59.8 Å². The van der Waals surface area contributed by atoms with Gasteiger partial charge in [0.15, 0.2) is 0 Å². The molecule has 0 aromatic carbocycles. The van der Waals surface area contributed by atoms with E-state index in [2.05, 4.69) is 19.1 Å². The highest BCUT2D eigenvalue weighted by Gasteiger charge is 2.14. The number of carbonyl (C=O) groups excluding carboxylic acids is 1. The number of amides is 1. The zero-order valence-corrected chi connectivity index (χ0v) is 12.0. The SMILES string of the molecule is CC=CC(CCCCC)CC(=O)N(CC)CC. The van der Waals surface area contributed by atoms with E-state index in [4.69, 9.17) is 0 Å². The number of nitrogens with zero attached hydrogens (tertiary/aromatic N) is 1. The van der Waals surface area contributed by atoms with E-state index in [1.54, 1.807) is 0 Å². The van der Waals surface area contributed by atoms with E-state index in [0.29, 0.717) is 18.2 Å². The van der Waals surface area contributed by atoms with Gasteiger partial charge in [-0.2, -0.15) is 0 Å². The molecule has 100 valence electrons. The van der Waals surface area contributed by atoms with Gasteiger partial charge in [-0.3, -0.25) is 4.79 Å². The average molecular weight is 239 g/mol.